The molecule has 0 saturated carbocycles. The van der Waals surface area contributed by atoms with Crippen molar-refractivity contribution in [3.8, 4) is 28.5 Å². The van der Waals surface area contributed by atoms with Crippen LogP contribution >= 0.6 is 0 Å². The van der Waals surface area contributed by atoms with Gasteiger partial charge < -0.3 is 5.73 Å². The maximum Gasteiger partial charge on any atom is 0.235 e. The van der Waals surface area contributed by atoms with Gasteiger partial charge in [-0.1, -0.05) is 12.1 Å². The van der Waals surface area contributed by atoms with Gasteiger partial charge >= 0.3 is 0 Å². The molecule has 5 rings (SSSR count). The number of hydrogen-bond donors (Lipinski definition) is 1. The van der Waals surface area contributed by atoms with E-state index in [1.807, 2.05) is 65.5 Å². The van der Waals surface area contributed by atoms with Gasteiger partial charge in [0.2, 0.25) is 5.95 Å². The molecule has 0 fully saturated rings. The Morgan fingerprint density at radius 3 is 2.70 bits per heavy atom. The van der Waals surface area contributed by atoms with E-state index in [2.05, 4.69) is 19.9 Å². The Kier molecular flexibility index (Phi) is 3.43. The van der Waals surface area contributed by atoms with Gasteiger partial charge in [-0.25, -0.2) is 19.9 Å². The van der Waals surface area contributed by atoms with E-state index in [0.717, 1.165) is 33.8 Å². The van der Waals surface area contributed by atoms with Crippen LogP contribution in [0.3, 0.4) is 0 Å². The Balaban J connectivity index is 1.58. The fraction of sp³-hybridized carbons (Fsp3) is 0. The molecule has 0 unspecified atom stereocenters. The summed E-state index contributed by atoms with van der Waals surface area (Å²) in [6.07, 6.45) is 10.8. The normalized spacial score (nSPS) is 11.1. The third-order valence-corrected chi connectivity index (χ3v) is 4.37. The minimum atomic E-state index is 0.577. The molecular weight excluding hydrogens is 338 g/mol. The quantitative estimate of drug-likeness (QED) is 0.503. The number of benzene rings is 1. The summed E-state index contributed by atoms with van der Waals surface area (Å²) < 4.78 is 3.81. The van der Waals surface area contributed by atoms with E-state index in [-0.39, 0.29) is 0 Å². The van der Waals surface area contributed by atoms with Crippen LogP contribution in [-0.2, 0) is 0 Å². The van der Waals surface area contributed by atoms with Gasteiger partial charge in [-0.15, -0.1) is 0 Å². The molecule has 4 heterocycles. The van der Waals surface area contributed by atoms with E-state index in [1.165, 1.54) is 0 Å². The van der Waals surface area contributed by atoms with E-state index in [4.69, 9.17) is 5.73 Å². The van der Waals surface area contributed by atoms with Gasteiger partial charge in [0.25, 0.3) is 0 Å². The second-order valence-corrected chi connectivity index (χ2v) is 6.12. The number of fused-ring (bicyclic) bond motifs is 1. The average molecular weight is 353 g/mol. The Morgan fingerprint density at radius 1 is 0.889 bits per heavy atom. The molecule has 4 aromatic heterocycles. The van der Waals surface area contributed by atoms with Crippen LogP contribution in [0.5, 0.6) is 0 Å². The van der Waals surface area contributed by atoms with E-state index in [9.17, 15) is 0 Å². The molecule has 0 aliphatic heterocycles. The van der Waals surface area contributed by atoms with Crippen LogP contribution < -0.4 is 5.73 Å². The standard InChI is InChI=1S/C20H15N7/c21-16-3-1-2-15(10-16)18-12-24-19-11-14(5-8-27(18)19)17-4-6-23-20(25-17)26-9-7-22-13-26/h1-13H,21H2. The zero-order chi connectivity index (χ0) is 18.2. The molecule has 1 aromatic carbocycles. The Bertz CT molecular complexity index is 1240. The van der Waals surface area contributed by atoms with Crippen molar-refractivity contribution in [2.24, 2.45) is 0 Å². The molecule has 27 heavy (non-hydrogen) atoms. The minimum Gasteiger partial charge on any atom is -0.399 e. The summed E-state index contributed by atoms with van der Waals surface area (Å²) in [5, 5.41) is 0. The number of imidazole rings is 2. The first kappa shape index (κ1) is 15.3. The van der Waals surface area contributed by atoms with Gasteiger partial charge in [0.05, 0.1) is 17.6 Å². The molecule has 5 aromatic rings. The third-order valence-electron chi connectivity index (χ3n) is 4.37. The highest BCUT2D eigenvalue weighted by molar-refractivity contribution is 5.70. The first-order valence-electron chi connectivity index (χ1n) is 8.43. The SMILES string of the molecule is Nc1cccc(-c2cnc3cc(-c4ccnc(-n5ccnc5)n4)ccn23)c1. The number of anilines is 1. The lowest BCUT2D eigenvalue weighted by atomic mass is 10.1. The van der Waals surface area contributed by atoms with Crippen LogP contribution in [0.4, 0.5) is 5.69 Å². The Labute approximate surface area is 154 Å². The number of hydrogen-bond acceptors (Lipinski definition) is 5. The third kappa shape index (κ3) is 2.71. The fourth-order valence-electron chi connectivity index (χ4n) is 3.06. The minimum absolute atomic E-state index is 0.577. The van der Waals surface area contributed by atoms with Crippen molar-refractivity contribution in [1.29, 1.82) is 0 Å². The average Bonchev–Trinajstić information content (AvgIpc) is 3.38. The van der Waals surface area contributed by atoms with Crippen LogP contribution in [0.15, 0.2) is 79.8 Å². The summed E-state index contributed by atoms with van der Waals surface area (Å²) in [6, 6.07) is 13.7. The summed E-state index contributed by atoms with van der Waals surface area (Å²) in [5.41, 5.74) is 11.3. The molecular formula is C20H15N7. The molecule has 0 amide bonds. The molecule has 7 nitrogen and oxygen atoms in total. The van der Waals surface area contributed by atoms with Crippen molar-refractivity contribution < 1.29 is 0 Å². The van der Waals surface area contributed by atoms with Crippen LogP contribution in [0.25, 0.3) is 34.1 Å². The smallest absolute Gasteiger partial charge is 0.235 e. The lowest BCUT2D eigenvalue weighted by molar-refractivity contribution is 0.928. The zero-order valence-electron chi connectivity index (χ0n) is 14.3. The van der Waals surface area contributed by atoms with E-state index in [0.29, 0.717) is 5.95 Å². The first-order valence-corrected chi connectivity index (χ1v) is 8.43. The molecule has 0 spiro atoms. The highest BCUT2D eigenvalue weighted by Gasteiger charge is 2.09. The van der Waals surface area contributed by atoms with Crippen LogP contribution in [-0.4, -0.2) is 28.9 Å². The first-order chi connectivity index (χ1) is 13.3. The van der Waals surface area contributed by atoms with E-state index >= 15 is 0 Å². The number of rotatable bonds is 3. The lowest BCUT2D eigenvalue weighted by Crippen LogP contribution is -1.99. The van der Waals surface area contributed by atoms with Crippen LogP contribution in [0, 0.1) is 0 Å². The predicted molar refractivity (Wildman–Crippen MR) is 103 cm³/mol. The van der Waals surface area contributed by atoms with Crippen molar-refractivity contribution in [2.75, 3.05) is 5.73 Å². The summed E-state index contributed by atoms with van der Waals surface area (Å²) in [4.78, 5) is 17.5. The van der Waals surface area contributed by atoms with Gasteiger partial charge in [-0.2, -0.15) is 0 Å². The molecule has 0 atom stereocenters. The van der Waals surface area contributed by atoms with Crippen molar-refractivity contribution in [1.82, 2.24) is 28.9 Å². The summed E-state index contributed by atoms with van der Waals surface area (Å²) >= 11 is 0. The van der Waals surface area contributed by atoms with Crippen LogP contribution in [0.2, 0.25) is 0 Å². The number of nitrogen functional groups attached to an aromatic ring is 1. The predicted octanol–water partition coefficient (Wildman–Crippen LogP) is 3.23. The highest BCUT2D eigenvalue weighted by atomic mass is 15.2. The second-order valence-electron chi connectivity index (χ2n) is 6.12. The maximum absolute atomic E-state index is 5.91. The molecule has 0 aliphatic carbocycles. The van der Waals surface area contributed by atoms with Crippen molar-refractivity contribution >= 4 is 11.3 Å². The molecule has 0 bridgehead atoms. The second kappa shape index (κ2) is 6.06. The number of nitrogens with zero attached hydrogens (tertiary/aromatic N) is 6. The number of aromatic nitrogens is 6. The molecule has 0 aliphatic rings. The van der Waals surface area contributed by atoms with E-state index < -0.39 is 0 Å². The zero-order valence-corrected chi connectivity index (χ0v) is 14.3. The van der Waals surface area contributed by atoms with Gasteiger partial charge in [0.1, 0.15) is 12.0 Å². The fourth-order valence-corrected chi connectivity index (χ4v) is 3.06. The molecule has 0 radical (unpaired) electrons. The van der Waals surface area contributed by atoms with E-state index in [1.54, 1.807) is 23.3 Å². The van der Waals surface area contributed by atoms with Gasteiger partial charge in [-0.05, 0) is 30.3 Å². The van der Waals surface area contributed by atoms with Crippen molar-refractivity contribution in [2.45, 2.75) is 0 Å². The van der Waals surface area contributed by atoms with Gasteiger partial charge in [0.15, 0.2) is 0 Å². The topological polar surface area (TPSA) is 86.9 Å². The Morgan fingerprint density at radius 2 is 1.85 bits per heavy atom. The van der Waals surface area contributed by atoms with Gasteiger partial charge in [-0.3, -0.25) is 8.97 Å². The van der Waals surface area contributed by atoms with Gasteiger partial charge in [0, 0.05) is 41.6 Å². The monoisotopic (exact) mass is 353 g/mol. The summed E-state index contributed by atoms with van der Waals surface area (Å²) in [5.74, 6) is 0.577. The number of pyridine rings is 1. The largest absolute Gasteiger partial charge is 0.399 e. The summed E-state index contributed by atoms with van der Waals surface area (Å²) in [7, 11) is 0. The maximum atomic E-state index is 5.91. The lowest BCUT2D eigenvalue weighted by Gasteiger charge is -2.06. The van der Waals surface area contributed by atoms with Crippen molar-refractivity contribution in [3.05, 3.63) is 79.8 Å². The number of nitrogens with two attached hydrogens (primary N) is 1. The molecule has 2 N–H and O–H groups in total. The molecule has 0 saturated heterocycles. The highest BCUT2D eigenvalue weighted by Crippen LogP contribution is 2.25. The Hall–Kier alpha value is -4.00. The van der Waals surface area contributed by atoms with Crippen LogP contribution in [0.1, 0.15) is 0 Å². The molecule has 130 valence electrons. The van der Waals surface area contributed by atoms with Crippen molar-refractivity contribution in [3.63, 3.8) is 0 Å². The molecule has 7 heteroatoms. The summed E-state index contributed by atoms with van der Waals surface area (Å²) in [6.45, 7) is 0.